The number of carbonyl (C=O) groups is 2. The molecule has 4 heteroatoms. The van der Waals surface area contributed by atoms with Crippen molar-refractivity contribution in [2.45, 2.75) is 44.6 Å². The van der Waals surface area contributed by atoms with Gasteiger partial charge in [0.2, 0.25) is 0 Å². The highest BCUT2D eigenvalue weighted by atomic mass is 16.7. The van der Waals surface area contributed by atoms with Crippen LogP contribution in [0.2, 0.25) is 0 Å². The van der Waals surface area contributed by atoms with E-state index < -0.39 is 5.97 Å². The summed E-state index contributed by atoms with van der Waals surface area (Å²) in [4.78, 5) is 27.5. The monoisotopic (exact) mass is 209 g/mol. The van der Waals surface area contributed by atoms with Gasteiger partial charge in [0.25, 0.3) is 5.91 Å². The molecule has 1 heterocycles. The average molecular weight is 209 g/mol. The van der Waals surface area contributed by atoms with E-state index in [4.69, 9.17) is 4.84 Å². The highest BCUT2D eigenvalue weighted by Crippen LogP contribution is 2.38. The van der Waals surface area contributed by atoms with Crippen LogP contribution in [0.4, 0.5) is 0 Å². The van der Waals surface area contributed by atoms with Crippen molar-refractivity contribution in [2.24, 2.45) is 0 Å². The molecule has 82 valence electrons. The van der Waals surface area contributed by atoms with Gasteiger partial charge in [0.05, 0.1) is 0 Å². The zero-order valence-electron chi connectivity index (χ0n) is 8.86. The molecule has 2 aliphatic rings. The summed E-state index contributed by atoms with van der Waals surface area (Å²) in [7, 11) is 0. The van der Waals surface area contributed by atoms with Crippen molar-refractivity contribution in [3.63, 3.8) is 0 Å². The van der Waals surface area contributed by atoms with Crippen molar-refractivity contribution < 1.29 is 14.4 Å². The van der Waals surface area contributed by atoms with E-state index in [1.165, 1.54) is 24.5 Å². The molecule has 2 rings (SSSR count). The van der Waals surface area contributed by atoms with Gasteiger partial charge < -0.3 is 4.84 Å². The Morgan fingerprint density at radius 2 is 2.07 bits per heavy atom. The highest BCUT2D eigenvalue weighted by molar-refractivity contribution is 5.91. The second kappa shape index (κ2) is 3.68. The molecule has 1 aliphatic heterocycles. The molecule has 0 N–H and O–H groups in total. The summed E-state index contributed by atoms with van der Waals surface area (Å²) in [6, 6.07) is 0. The third-order valence-corrected chi connectivity index (χ3v) is 3.08. The fourth-order valence-corrected chi connectivity index (χ4v) is 2.38. The van der Waals surface area contributed by atoms with Crippen molar-refractivity contribution in [3.8, 4) is 0 Å². The van der Waals surface area contributed by atoms with E-state index in [-0.39, 0.29) is 11.4 Å². The van der Waals surface area contributed by atoms with Crippen molar-refractivity contribution >= 4 is 11.9 Å². The van der Waals surface area contributed by atoms with Gasteiger partial charge in [-0.2, -0.15) is 5.06 Å². The Morgan fingerprint density at radius 1 is 1.40 bits per heavy atom. The first kappa shape index (κ1) is 10.2. The molecule has 0 aromatic carbocycles. The van der Waals surface area contributed by atoms with Crippen molar-refractivity contribution in [1.29, 1.82) is 0 Å². The minimum absolute atomic E-state index is 0.216. The van der Waals surface area contributed by atoms with Crippen LogP contribution in [-0.4, -0.2) is 22.5 Å². The summed E-state index contributed by atoms with van der Waals surface area (Å²) in [6.07, 6.45) is 8.53. The third kappa shape index (κ3) is 1.76. The lowest BCUT2D eigenvalue weighted by Crippen LogP contribution is -2.48. The molecule has 1 aliphatic carbocycles. The molecule has 0 aromatic heterocycles. The third-order valence-electron chi connectivity index (χ3n) is 3.08. The largest absolute Gasteiger partial charge is 0.337 e. The van der Waals surface area contributed by atoms with E-state index >= 15 is 0 Å². The Labute approximate surface area is 88.8 Å². The Bertz CT molecular complexity index is 316. The lowest BCUT2D eigenvalue weighted by molar-refractivity contribution is -0.212. The van der Waals surface area contributed by atoms with Gasteiger partial charge in [-0.3, -0.25) is 9.59 Å². The van der Waals surface area contributed by atoms with E-state index in [0.29, 0.717) is 0 Å². The molecule has 4 nitrogen and oxygen atoms in total. The second-order valence-corrected chi connectivity index (χ2v) is 4.21. The topological polar surface area (TPSA) is 46.6 Å². The number of hydrogen-bond acceptors (Lipinski definition) is 3. The fraction of sp³-hybridized carbons (Fsp3) is 0.636. The Hall–Kier alpha value is -1.32. The van der Waals surface area contributed by atoms with Gasteiger partial charge in [0.1, 0.15) is 5.54 Å². The van der Waals surface area contributed by atoms with Crippen LogP contribution in [0.25, 0.3) is 0 Å². The molecule has 1 spiro atoms. The van der Waals surface area contributed by atoms with Crippen LogP contribution in [0.5, 0.6) is 0 Å². The minimum atomic E-state index is -0.433. The molecule has 1 amide bonds. The number of amides is 1. The lowest BCUT2D eigenvalue weighted by atomic mass is 9.82. The molecule has 0 saturated heterocycles. The predicted octanol–water partition coefficient (Wildman–Crippen LogP) is 1.57. The molecule has 15 heavy (non-hydrogen) atoms. The van der Waals surface area contributed by atoms with Crippen LogP contribution in [0.15, 0.2) is 12.2 Å². The number of rotatable bonds is 1. The van der Waals surface area contributed by atoms with Gasteiger partial charge in [0.15, 0.2) is 0 Å². The zero-order chi connectivity index (χ0) is 10.9. The lowest BCUT2D eigenvalue weighted by Gasteiger charge is -2.38. The maximum atomic E-state index is 11.5. The first-order valence-electron chi connectivity index (χ1n) is 5.36. The van der Waals surface area contributed by atoms with E-state index in [2.05, 4.69) is 0 Å². The number of nitrogens with zero attached hydrogens (tertiary/aromatic N) is 1. The average Bonchev–Trinajstić information content (AvgIpc) is 2.48. The van der Waals surface area contributed by atoms with Crippen LogP contribution in [0.1, 0.15) is 39.0 Å². The van der Waals surface area contributed by atoms with Crippen LogP contribution >= 0.6 is 0 Å². The smallest absolute Gasteiger partial charge is 0.329 e. The maximum absolute atomic E-state index is 11.5. The van der Waals surface area contributed by atoms with E-state index in [1.54, 1.807) is 0 Å². The van der Waals surface area contributed by atoms with Crippen LogP contribution in [-0.2, 0) is 14.4 Å². The normalized spacial score (nSPS) is 23.5. The standard InChI is InChI=1S/C11H15NO3/c1-9(13)15-12-10(14)5-8-11(12)6-3-2-4-7-11/h5,8H,2-4,6-7H2,1H3. The molecular weight excluding hydrogens is 194 g/mol. The summed E-state index contributed by atoms with van der Waals surface area (Å²) in [5, 5.41) is 1.26. The number of carbonyl (C=O) groups excluding carboxylic acids is 2. The van der Waals surface area contributed by atoms with Gasteiger partial charge in [-0.15, -0.1) is 0 Å². The highest BCUT2D eigenvalue weighted by Gasteiger charge is 2.44. The van der Waals surface area contributed by atoms with E-state index in [1.807, 2.05) is 6.08 Å². The van der Waals surface area contributed by atoms with Gasteiger partial charge in [0, 0.05) is 13.0 Å². The second-order valence-electron chi connectivity index (χ2n) is 4.21. The molecule has 0 atom stereocenters. The Kier molecular flexibility index (Phi) is 2.50. The molecule has 1 saturated carbocycles. The minimum Gasteiger partial charge on any atom is -0.337 e. The summed E-state index contributed by atoms with van der Waals surface area (Å²) >= 11 is 0. The summed E-state index contributed by atoms with van der Waals surface area (Å²) in [6.45, 7) is 1.32. The fourth-order valence-electron chi connectivity index (χ4n) is 2.38. The Balaban J connectivity index is 2.18. The van der Waals surface area contributed by atoms with E-state index in [0.717, 1.165) is 25.7 Å². The molecule has 0 aromatic rings. The molecule has 1 fully saturated rings. The van der Waals surface area contributed by atoms with Gasteiger partial charge >= 0.3 is 5.97 Å². The molecule has 0 unspecified atom stereocenters. The van der Waals surface area contributed by atoms with Crippen LogP contribution in [0, 0.1) is 0 Å². The van der Waals surface area contributed by atoms with Crippen molar-refractivity contribution in [3.05, 3.63) is 12.2 Å². The first-order chi connectivity index (χ1) is 7.14. The molecular formula is C11H15NO3. The van der Waals surface area contributed by atoms with Crippen molar-refractivity contribution in [2.75, 3.05) is 0 Å². The Morgan fingerprint density at radius 3 is 2.67 bits per heavy atom. The summed E-state index contributed by atoms with van der Waals surface area (Å²) < 4.78 is 0. The van der Waals surface area contributed by atoms with Crippen LogP contribution < -0.4 is 0 Å². The summed E-state index contributed by atoms with van der Waals surface area (Å²) in [5.74, 6) is -0.649. The number of hydrogen-bond donors (Lipinski definition) is 0. The molecule has 0 radical (unpaired) electrons. The molecule has 0 bridgehead atoms. The SMILES string of the molecule is CC(=O)ON1C(=O)C=CC12CCCCC2. The summed E-state index contributed by atoms with van der Waals surface area (Å²) in [5.41, 5.74) is -0.346. The van der Waals surface area contributed by atoms with Gasteiger partial charge in [-0.1, -0.05) is 19.3 Å². The van der Waals surface area contributed by atoms with Crippen molar-refractivity contribution in [1.82, 2.24) is 5.06 Å². The predicted molar refractivity (Wildman–Crippen MR) is 53.6 cm³/mol. The van der Waals surface area contributed by atoms with Gasteiger partial charge in [-0.05, 0) is 18.9 Å². The maximum Gasteiger partial charge on any atom is 0.329 e. The first-order valence-corrected chi connectivity index (χ1v) is 5.36. The number of hydroxylamine groups is 2. The zero-order valence-corrected chi connectivity index (χ0v) is 8.86. The van der Waals surface area contributed by atoms with E-state index in [9.17, 15) is 9.59 Å². The van der Waals surface area contributed by atoms with Crippen LogP contribution in [0.3, 0.4) is 0 Å². The van der Waals surface area contributed by atoms with Gasteiger partial charge in [-0.25, -0.2) is 0 Å². The quantitative estimate of drug-likeness (QED) is 0.658.